The SMILES string of the molecule is O=C(NCCCCC(NC(=O)OCc1cccc2c1Cc1ccccc1-2)C(=O)O)OCc1cccc2c1Cc1ccccc1-2. The van der Waals surface area contributed by atoms with Crippen LogP contribution >= 0.6 is 0 Å². The Morgan fingerprint density at radius 3 is 1.75 bits per heavy atom. The van der Waals surface area contributed by atoms with Gasteiger partial charge in [0.1, 0.15) is 19.3 Å². The Balaban J connectivity index is 0.908. The molecule has 3 N–H and O–H groups in total. The first-order chi connectivity index (χ1) is 21.5. The zero-order valence-corrected chi connectivity index (χ0v) is 24.3. The first-order valence-corrected chi connectivity index (χ1v) is 14.9. The van der Waals surface area contributed by atoms with Crippen molar-refractivity contribution in [1.82, 2.24) is 10.6 Å². The molecule has 2 aliphatic rings. The van der Waals surface area contributed by atoms with Crippen LogP contribution < -0.4 is 10.6 Å². The molecule has 6 rings (SSSR count). The normalized spacial score (nSPS) is 12.7. The number of hydrogen-bond donors (Lipinski definition) is 3. The summed E-state index contributed by atoms with van der Waals surface area (Å²) in [6.07, 6.45) is 1.51. The molecule has 2 amide bonds. The van der Waals surface area contributed by atoms with E-state index in [9.17, 15) is 19.5 Å². The summed E-state index contributed by atoms with van der Waals surface area (Å²) in [5.41, 5.74) is 11.4. The van der Waals surface area contributed by atoms with Gasteiger partial charge < -0.3 is 25.2 Å². The predicted molar refractivity (Wildman–Crippen MR) is 166 cm³/mol. The van der Waals surface area contributed by atoms with Crippen LogP contribution in [0.1, 0.15) is 52.6 Å². The van der Waals surface area contributed by atoms with Gasteiger partial charge in [0.2, 0.25) is 0 Å². The molecule has 8 nitrogen and oxygen atoms in total. The van der Waals surface area contributed by atoms with Gasteiger partial charge in [-0.3, -0.25) is 0 Å². The molecule has 4 aromatic rings. The number of unbranched alkanes of at least 4 members (excludes halogenated alkanes) is 1. The number of ether oxygens (including phenoxy) is 2. The summed E-state index contributed by atoms with van der Waals surface area (Å²) in [5.74, 6) is -1.14. The zero-order chi connectivity index (χ0) is 30.5. The smallest absolute Gasteiger partial charge is 0.408 e. The van der Waals surface area contributed by atoms with Crippen LogP contribution in [-0.2, 0) is 40.3 Å². The van der Waals surface area contributed by atoms with Crippen molar-refractivity contribution in [2.24, 2.45) is 0 Å². The molecular formula is C36H34N2O6. The van der Waals surface area contributed by atoms with Gasteiger partial charge >= 0.3 is 18.2 Å². The van der Waals surface area contributed by atoms with Crippen LogP contribution in [0.25, 0.3) is 22.3 Å². The second-order valence-corrected chi connectivity index (χ2v) is 11.2. The first kappa shape index (κ1) is 29.0. The number of hydrogen-bond acceptors (Lipinski definition) is 5. The summed E-state index contributed by atoms with van der Waals surface area (Å²) in [5, 5.41) is 14.8. The topological polar surface area (TPSA) is 114 Å². The van der Waals surface area contributed by atoms with Gasteiger partial charge in [0.25, 0.3) is 0 Å². The third-order valence-corrected chi connectivity index (χ3v) is 8.39. The van der Waals surface area contributed by atoms with Gasteiger partial charge in [0.15, 0.2) is 0 Å². The highest BCUT2D eigenvalue weighted by atomic mass is 16.6. The van der Waals surface area contributed by atoms with Gasteiger partial charge in [-0.05, 0) is 87.7 Å². The molecule has 0 saturated heterocycles. The largest absolute Gasteiger partial charge is 0.480 e. The van der Waals surface area contributed by atoms with Gasteiger partial charge in [0.05, 0.1) is 0 Å². The minimum absolute atomic E-state index is 0.0556. The average Bonchev–Trinajstić information content (AvgIpc) is 3.61. The lowest BCUT2D eigenvalue weighted by molar-refractivity contribution is -0.139. The third-order valence-electron chi connectivity index (χ3n) is 8.39. The average molecular weight is 591 g/mol. The fourth-order valence-electron chi connectivity index (χ4n) is 6.16. The highest BCUT2D eigenvalue weighted by Gasteiger charge is 2.24. The van der Waals surface area contributed by atoms with Crippen LogP contribution in [0.4, 0.5) is 9.59 Å². The van der Waals surface area contributed by atoms with E-state index in [0.717, 1.165) is 35.1 Å². The Morgan fingerprint density at radius 2 is 1.18 bits per heavy atom. The van der Waals surface area contributed by atoms with Crippen molar-refractivity contribution in [3.8, 4) is 22.3 Å². The zero-order valence-electron chi connectivity index (χ0n) is 24.3. The number of alkyl carbamates (subject to hydrolysis) is 2. The number of rotatable bonds is 11. The number of carboxylic acids is 1. The van der Waals surface area contributed by atoms with E-state index >= 15 is 0 Å². The lowest BCUT2D eigenvalue weighted by atomic mass is 10.0. The van der Waals surface area contributed by atoms with Crippen molar-refractivity contribution in [1.29, 1.82) is 0 Å². The van der Waals surface area contributed by atoms with Crippen molar-refractivity contribution in [2.75, 3.05) is 6.54 Å². The minimum atomic E-state index is -1.14. The minimum Gasteiger partial charge on any atom is -0.480 e. The molecule has 1 unspecified atom stereocenters. The van der Waals surface area contributed by atoms with Crippen LogP contribution in [0.5, 0.6) is 0 Å². The predicted octanol–water partition coefficient (Wildman–Crippen LogP) is 6.61. The van der Waals surface area contributed by atoms with Crippen LogP contribution in [0.3, 0.4) is 0 Å². The van der Waals surface area contributed by atoms with Crippen molar-refractivity contribution >= 4 is 18.2 Å². The molecule has 1 atom stereocenters. The van der Waals surface area contributed by atoms with Gasteiger partial charge in [-0.2, -0.15) is 0 Å². The molecule has 0 saturated carbocycles. The second-order valence-electron chi connectivity index (χ2n) is 11.2. The lowest BCUT2D eigenvalue weighted by Gasteiger charge is -2.15. The standard InChI is InChI=1S/C36H34N2O6/c39-34(40)33(38-36(42)44-22-26-12-8-16-30-28-14-4-2-10-24(28)20-32(26)30)17-5-6-18-37-35(41)43-21-25-11-7-15-29-27-13-3-1-9-23(27)19-31(25)29/h1-4,7-16,33H,5-6,17-22H2,(H,37,41)(H,38,42)(H,39,40). The van der Waals surface area contributed by atoms with Crippen LogP contribution in [-0.4, -0.2) is 35.8 Å². The van der Waals surface area contributed by atoms with E-state index in [0.29, 0.717) is 19.4 Å². The maximum Gasteiger partial charge on any atom is 0.408 e. The van der Waals surface area contributed by atoms with Crippen molar-refractivity contribution < 1.29 is 29.0 Å². The fourth-order valence-corrected chi connectivity index (χ4v) is 6.16. The third kappa shape index (κ3) is 6.29. The molecule has 0 heterocycles. The summed E-state index contributed by atoms with van der Waals surface area (Å²) in [7, 11) is 0. The molecule has 0 radical (unpaired) electrons. The van der Waals surface area contributed by atoms with Crippen LogP contribution in [0.15, 0.2) is 84.9 Å². The number of carbonyl (C=O) groups excluding carboxylic acids is 2. The van der Waals surface area contributed by atoms with E-state index in [4.69, 9.17) is 9.47 Å². The highest BCUT2D eigenvalue weighted by molar-refractivity contribution is 5.81. The number of nitrogens with one attached hydrogen (secondary N) is 2. The lowest BCUT2D eigenvalue weighted by Crippen LogP contribution is -2.41. The molecule has 44 heavy (non-hydrogen) atoms. The summed E-state index contributed by atoms with van der Waals surface area (Å²) in [6.45, 7) is 0.560. The number of aliphatic carboxylic acids is 1. The molecule has 0 bridgehead atoms. The van der Waals surface area contributed by atoms with Crippen molar-refractivity contribution in [3.05, 3.63) is 118 Å². The number of benzene rings is 4. The Labute approximate surface area is 256 Å². The highest BCUT2D eigenvalue weighted by Crippen LogP contribution is 2.39. The molecule has 4 aromatic carbocycles. The molecule has 0 aliphatic heterocycles. The van der Waals surface area contributed by atoms with Gasteiger partial charge in [-0.1, -0.05) is 84.9 Å². The Bertz CT molecular complexity index is 1710. The summed E-state index contributed by atoms with van der Waals surface area (Å²) < 4.78 is 10.9. The van der Waals surface area contributed by atoms with E-state index in [1.807, 2.05) is 48.5 Å². The number of amides is 2. The summed E-state index contributed by atoms with van der Waals surface area (Å²) in [6, 6.07) is 27.4. The second kappa shape index (κ2) is 13.0. The number of carbonyl (C=O) groups is 3. The maximum atomic E-state index is 12.5. The molecular weight excluding hydrogens is 556 g/mol. The van der Waals surface area contributed by atoms with E-state index in [-0.39, 0.29) is 19.6 Å². The van der Waals surface area contributed by atoms with E-state index in [1.54, 1.807) is 0 Å². The van der Waals surface area contributed by atoms with Gasteiger partial charge in [0, 0.05) is 6.54 Å². The first-order valence-electron chi connectivity index (χ1n) is 14.9. The molecule has 0 spiro atoms. The van der Waals surface area contributed by atoms with Crippen LogP contribution in [0, 0.1) is 0 Å². The fraction of sp³-hybridized carbons (Fsp3) is 0.250. The van der Waals surface area contributed by atoms with E-state index in [1.165, 1.54) is 33.4 Å². The number of carboxylic acid groups (broad SMARTS) is 1. The van der Waals surface area contributed by atoms with Crippen molar-refractivity contribution in [3.63, 3.8) is 0 Å². The molecule has 8 heteroatoms. The van der Waals surface area contributed by atoms with Crippen LogP contribution in [0.2, 0.25) is 0 Å². The Morgan fingerprint density at radius 1 is 0.659 bits per heavy atom. The molecule has 224 valence electrons. The van der Waals surface area contributed by atoms with E-state index in [2.05, 4.69) is 47.0 Å². The monoisotopic (exact) mass is 590 g/mol. The maximum absolute atomic E-state index is 12.5. The van der Waals surface area contributed by atoms with Crippen molar-refractivity contribution in [2.45, 2.75) is 51.4 Å². The van der Waals surface area contributed by atoms with Gasteiger partial charge in [-0.15, -0.1) is 0 Å². The summed E-state index contributed by atoms with van der Waals surface area (Å²) in [4.78, 5) is 36.6. The molecule has 0 fully saturated rings. The molecule has 2 aliphatic carbocycles. The Kier molecular flexibility index (Phi) is 8.59. The quantitative estimate of drug-likeness (QED) is 0.146. The Hall–Kier alpha value is -5.11. The van der Waals surface area contributed by atoms with E-state index < -0.39 is 24.2 Å². The molecule has 0 aromatic heterocycles. The van der Waals surface area contributed by atoms with Gasteiger partial charge in [-0.25, -0.2) is 14.4 Å². The summed E-state index contributed by atoms with van der Waals surface area (Å²) >= 11 is 0. The number of fused-ring (bicyclic) bond motifs is 6.